The van der Waals surface area contributed by atoms with Crippen LogP contribution in [-0.4, -0.2) is 38.3 Å². The van der Waals surface area contributed by atoms with Crippen molar-refractivity contribution in [1.82, 2.24) is 9.62 Å². The first-order chi connectivity index (χ1) is 12.5. The molecule has 0 spiro atoms. The number of carbonyl (C=O) groups is 1. The fourth-order valence-electron chi connectivity index (χ4n) is 2.98. The summed E-state index contributed by atoms with van der Waals surface area (Å²) in [5, 5.41) is 2.86. The molecule has 3 rings (SSSR count). The number of nitrogens with one attached hydrogen (secondary N) is 1. The summed E-state index contributed by atoms with van der Waals surface area (Å²) in [6, 6.07) is 14.5. The molecule has 0 radical (unpaired) electrons. The van der Waals surface area contributed by atoms with Crippen LogP contribution in [0.25, 0.3) is 0 Å². The third-order valence-corrected chi connectivity index (χ3v) is 7.01. The first-order valence-corrected chi connectivity index (χ1v) is 10.8. The van der Waals surface area contributed by atoms with Crippen LogP contribution in [0.4, 0.5) is 0 Å². The maximum atomic E-state index is 12.7. The third kappa shape index (κ3) is 4.34. The summed E-state index contributed by atoms with van der Waals surface area (Å²) in [4.78, 5) is 12.7. The van der Waals surface area contributed by atoms with E-state index in [-0.39, 0.29) is 10.8 Å². The summed E-state index contributed by atoms with van der Waals surface area (Å²) >= 11 is 3.35. The molecule has 0 bridgehead atoms. The van der Waals surface area contributed by atoms with Gasteiger partial charge in [0.1, 0.15) is 0 Å². The van der Waals surface area contributed by atoms with Crippen molar-refractivity contribution in [2.75, 3.05) is 19.6 Å². The molecule has 0 unspecified atom stereocenters. The fourth-order valence-corrected chi connectivity index (χ4v) is 4.95. The first kappa shape index (κ1) is 19.1. The molecule has 7 heteroatoms. The number of amides is 1. The van der Waals surface area contributed by atoms with E-state index in [9.17, 15) is 13.2 Å². The SMILES string of the molecule is O=C(NCCc1ccccc1)c1cc(S(=O)(=O)N2CCCC2)ccc1Br. The second-order valence-corrected chi connectivity index (χ2v) is 9.04. The Morgan fingerprint density at radius 3 is 2.46 bits per heavy atom. The van der Waals surface area contributed by atoms with Crippen molar-refractivity contribution in [3.8, 4) is 0 Å². The summed E-state index contributed by atoms with van der Waals surface area (Å²) in [7, 11) is -3.54. The molecular weight excluding hydrogens is 416 g/mol. The van der Waals surface area contributed by atoms with E-state index >= 15 is 0 Å². The minimum Gasteiger partial charge on any atom is -0.352 e. The highest BCUT2D eigenvalue weighted by molar-refractivity contribution is 9.10. The molecule has 1 heterocycles. The molecule has 1 N–H and O–H groups in total. The Morgan fingerprint density at radius 1 is 1.08 bits per heavy atom. The molecule has 1 aliphatic heterocycles. The molecule has 5 nitrogen and oxygen atoms in total. The third-order valence-electron chi connectivity index (χ3n) is 4.43. The van der Waals surface area contributed by atoms with Crippen LogP contribution in [0.15, 0.2) is 57.9 Å². The Hall–Kier alpha value is -1.70. The Bertz CT molecular complexity index is 879. The van der Waals surface area contributed by atoms with Crippen LogP contribution in [0.2, 0.25) is 0 Å². The molecule has 1 aliphatic rings. The lowest BCUT2D eigenvalue weighted by Crippen LogP contribution is -2.29. The van der Waals surface area contributed by atoms with E-state index in [1.165, 1.54) is 10.4 Å². The minimum atomic E-state index is -3.54. The van der Waals surface area contributed by atoms with E-state index in [0.29, 0.717) is 29.7 Å². The molecule has 1 saturated heterocycles. The summed E-state index contributed by atoms with van der Waals surface area (Å²) in [6.07, 6.45) is 2.47. The van der Waals surface area contributed by atoms with Crippen molar-refractivity contribution in [3.63, 3.8) is 0 Å². The standard InChI is InChI=1S/C19H21BrN2O3S/c20-18-9-8-16(26(24,25)22-12-4-5-13-22)14-17(18)19(23)21-11-10-15-6-2-1-3-7-15/h1-3,6-9,14H,4-5,10-13H2,(H,21,23). The summed E-state index contributed by atoms with van der Waals surface area (Å²) in [6.45, 7) is 1.56. The predicted octanol–water partition coefficient (Wildman–Crippen LogP) is 3.21. The van der Waals surface area contributed by atoms with Crippen molar-refractivity contribution in [2.24, 2.45) is 0 Å². The zero-order valence-electron chi connectivity index (χ0n) is 14.3. The van der Waals surface area contributed by atoms with E-state index < -0.39 is 10.0 Å². The lowest BCUT2D eigenvalue weighted by molar-refractivity contribution is 0.0953. The smallest absolute Gasteiger partial charge is 0.252 e. The number of hydrogen-bond donors (Lipinski definition) is 1. The number of nitrogens with zero attached hydrogens (tertiary/aromatic N) is 1. The summed E-state index contributed by atoms with van der Waals surface area (Å²) in [5.74, 6) is -0.286. The highest BCUT2D eigenvalue weighted by Gasteiger charge is 2.28. The minimum absolute atomic E-state index is 0.163. The number of rotatable bonds is 6. The van der Waals surface area contributed by atoms with E-state index in [1.54, 1.807) is 12.1 Å². The largest absolute Gasteiger partial charge is 0.352 e. The number of sulfonamides is 1. The van der Waals surface area contributed by atoms with Gasteiger partial charge in [-0.25, -0.2) is 8.42 Å². The Balaban J connectivity index is 1.71. The molecule has 0 aliphatic carbocycles. The molecule has 1 fully saturated rings. The van der Waals surface area contributed by atoms with Gasteiger partial charge in [0, 0.05) is 24.1 Å². The van der Waals surface area contributed by atoms with E-state index in [4.69, 9.17) is 0 Å². The number of hydrogen-bond acceptors (Lipinski definition) is 3. The molecule has 0 atom stereocenters. The highest BCUT2D eigenvalue weighted by atomic mass is 79.9. The van der Waals surface area contributed by atoms with Crippen molar-refractivity contribution < 1.29 is 13.2 Å². The Morgan fingerprint density at radius 2 is 1.77 bits per heavy atom. The molecule has 1 amide bonds. The van der Waals surface area contributed by atoms with Crippen molar-refractivity contribution in [3.05, 3.63) is 64.1 Å². The molecule has 0 aromatic heterocycles. The Kier molecular flexibility index (Phi) is 6.11. The molecule has 2 aromatic carbocycles. The molecular formula is C19H21BrN2O3S. The maximum Gasteiger partial charge on any atom is 0.252 e. The van der Waals surface area contributed by atoms with Gasteiger partial charge in [-0.3, -0.25) is 4.79 Å². The van der Waals surface area contributed by atoms with E-state index in [1.807, 2.05) is 30.3 Å². The van der Waals surface area contributed by atoms with Crippen molar-refractivity contribution in [1.29, 1.82) is 0 Å². The summed E-state index contributed by atoms with van der Waals surface area (Å²) < 4.78 is 27.5. The van der Waals surface area contributed by atoms with E-state index in [0.717, 1.165) is 24.8 Å². The van der Waals surface area contributed by atoms with Crippen LogP contribution >= 0.6 is 15.9 Å². The van der Waals surface area contributed by atoms with Gasteiger partial charge in [0.15, 0.2) is 0 Å². The average molecular weight is 437 g/mol. The van der Waals surface area contributed by atoms with Crippen molar-refractivity contribution in [2.45, 2.75) is 24.2 Å². The van der Waals surface area contributed by atoms with Gasteiger partial charge in [0.05, 0.1) is 10.5 Å². The normalized spacial score (nSPS) is 15.1. The Labute approximate surface area is 162 Å². The molecule has 0 saturated carbocycles. The van der Waals surface area contributed by atoms with Gasteiger partial charge >= 0.3 is 0 Å². The lowest BCUT2D eigenvalue weighted by atomic mass is 10.1. The second kappa shape index (κ2) is 8.33. The van der Waals surface area contributed by atoms with Gasteiger partial charge in [0.25, 0.3) is 5.91 Å². The van der Waals surface area contributed by atoms with Gasteiger partial charge in [0.2, 0.25) is 10.0 Å². The second-order valence-electron chi connectivity index (χ2n) is 6.24. The molecule has 2 aromatic rings. The van der Waals surface area contributed by atoms with Crippen LogP contribution < -0.4 is 5.32 Å². The zero-order valence-corrected chi connectivity index (χ0v) is 16.7. The maximum absolute atomic E-state index is 12.7. The molecule has 26 heavy (non-hydrogen) atoms. The van der Waals surface area contributed by atoms with Crippen LogP contribution in [-0.2, 0) is 16.4 Å². The zero-order chi connectivity index (χ0) is 18.6. The van der Waals surface area contributed by atoms with Gasteiger partial charge in [-0.05, 0) is 59.0 Å². The summed E-state index contributed by atoms with van der Waals surface area (Å²) in [5.41, 5.74) is 1.47. The quantitative estimate of drug-likeness (QED) is 0.755. The monoisotopic (exact) mass is 436 g/mol. The van der Waals surface area contributed by atoms with Crippen LogP contribution in [0.3, 0.4) is 0 Å². The van der Waals surface area contributed by atoms with Crippen molar-refractivity contribution >= 4 is 31.9 Å². The molecule has 138 valence electrons. The van der Waals surface area contributed by atoms with Gasteiger partial charge in [-0.2, -0.15) is 4.31 Å². The van der Waals surface area contributed by atoms with Crippen LogP contribution in [0.1, 0.15) is 28.8 Å². The average Bonchev–Trinajstić information content (AvgIpc) is 3.18. The fraction of sp³-hybridized carbons (Fsp3) is 0.316. The van der Waals surface area contributed by atoms with Gasteiger partial charge in [-0.15, -0.1) is 0 Å². The van der Waals surface area contributed by atoms with Gasteiger partial charge in [-0.1, -0.05) is 30.3 Å². The lowest BCUT2D eigenvalue weighted by Gasteiger charge is -2.16. The van der Waals surface area contributed by atoms with Gasteiger partial charge < -0.3 is 5.32 Å². The predicted molar refractivity (Wildman–Crippen MR) is 105 cm³/mol. The topological polar surface area (TPSA) is 66.5 Å². The van der Waals surface area contributed by atoms with Crippen LogP contribution in [0, 0.1) is 0 Å². The van der Waals surface area contributed by atoms with E-state index in [2.05, 4.69) is 21.2 Å². The number of halogens is 1. The van der Waals surface area contributed by atoms with Crippen LogP contribution in [0.5, 0.6) is 0 Å². The number of carbonyl (C=O) groups excluding carboxylic acids is 1. The highest BCUT2D eigenvalue weighted by Crippen LogP contribution is 2.25. The first-order valence-electron chi connectivity index (χ1n) is 8.60. The number of benzene rings is 2.